The standard InChI is InChI=1S/C17H12INO2/c18-14-6-8-15(9-7-14)19-17(20)21-16-10-5-12-3-1-2-4-13(12)11-16/h1-11H,(H,19,20). The van der Waals surface area contributed by atoms with Crippen molar-refractivity contribution in [1.29, 1.82) is 0 Å². The minimum Gasteiger partial charge on any atom is -0.410 e. The van der Waals surface area contributed by atoms with Crippen LogP contribution in [0.1, 0.15) is 0 Å². The number of amides is 1. The Morgan fingerprint density at radius 1 is 0.905 bits per heavy atom. The van der Waals surface area contributed by atoms with Crippen LogP contribution >= 0.6 is 22.6 Å². The number of hydrogen-bond donors (Lipinski definition) is 1. The zero-order valence-corrected chi connectivity index (χ0v) is 13.2. The van der Waals surface area contributed by atoms with Gasteiger partial charge in [0.05, 0.1) is 0 Å². The molecule has 0 saturated heterocycles. The molecule has 21 heavy (non-hydrogen) atoms. The van der Waals surface area contributed by atoms with Gasteiger partial charge >= 0.3 is 6.09 Å². The van der Waals surface area contributed by atoms with Crippen LogP contribution in [0, 0.1) is 3.57 Å². The Morgan fingerprint density at radius 2 is 1.62 bits per heavy atom. The highest BCUT2D eigenvalue weighted by Gasteiger charge is 2.05. The average Bonchev–Trinajstić information content (AvgIpc) is 2.49. The monoisotopic (exact) mass is 389 g/mol. The molecule has 3 rings (SSSR count). The van der Waals surface area contributed by atoms with Crippen molar-refractivity contribution in [3.8, 4) is 5.75 Å². The third kappa shape index (κ3) is 3.52. The first-order chi connectivity index (χ1) is 10.2. The number of ether oxygens (including phenoxy) is 1. The molecule has 0 radical (unpaired) electrons. The first-order valence-electron chi connectivity index (χ1n) is 6.44. The molecule has 0 aliphatic rings. The SMILES string of the molecule is O=C(Nc1ccc(I)cc1)Oc1ccc2ccccc2c1. The number of hydrogen-bond acceptors (Lipinski definition) is 2. The van der Waals surface area contributed by atoms with Gasteiger partial charge in [0.2, 0.25) is 0 Å². The number of carbonyl (C=O) groups excluding carboxylic acids is 1. The lowest BCUT2D eigenvalue weighted by molar-refractivity contribution is 0.215. The quantitative estimate of drug-likeness (QED) is 0.623. The molecule has 0 aliphatic heterocycles. The molecule has 0 saturated carbocycles. The maximum atomic E-state index is 11.9. The Bertz CT molecular complexity index is 784. The smallest absolute Gasteiger partial charge is 0.410 e. The molecule has 0 spiro atoms. The summed E-state index contributed by atoms with van der Waals surface area (Å²) in [4.78, 5) is 11.9. The Labute approximate surface area is 136 Å². The zero-order chi connectivity index (χ0) is 14.7. The number of benzene rings is 3. The first kappa shape index (κ1) is 13.9. The second kappa shape index (κ2) is 6.13. The van der Waals surface area contributed by atoms with Gasteiger partial charge in [0.15, 0.2) is 0 Å². The highest BCUT2D eigenvalue weighted by atomic mass is 127. The Balaban J connectivity index is 1.72. The van der Waals surface area contributed by atoms with Crippen molar-refractivity contribution < 1.29 is 9.53 Å². The second-order valence-corrected chi connectivity index (χ2v) is 5.78. The van der Waals surface area contributed by atoms with E-state index < -0.39 is 6.09 Å². The van der Waals surface area contributed by atoms with Crippen molar-refractivity contribution in [3.63, 3.8) is 0 Å². The number of carbonyl (C=O) groups is 1. The fourth-order valence-electron chi connectivity index (χ4n) is 2.01. The molecule has 4 heteroatoms. The molecule has 1 amide bonds. The largest absolute Gasteiger partial charge is 0.417 e. The lowest BCUT2D eigenvalue weighted by atomic mass is 10.1. The number of fused-ring (bicyclic) bond motifs is 1. The van der Waals surface area contributed by atoms with Crippen molar-refractivity contribution >= 4 is 45.1 Å². The zero-order valence-electron chi connectivity index (χ0n) is 11.0. The minimum atomic E-state index is -0.494. The predicted molar refractivity (Wildman–Crippen MR) is 92.8 cm³/mol. The predicted octanol–water partition coefficient (Wildman–Crippen LogP) is 5.06. The van der Waals surface area contributed by atoms with Crippen LogP contribution in [0.15, 0.2) is 66.7 Å². The van der Waals surface area contributed by atoms with Crippen LogP contribution in [-0.2, 0) is 0 Å². The van der Waals surface area contributed by atoms with Crippen LogP contribution in [0.25, 0.3) is 10.8 Å². The van der Waals surface area contributed by atoms with Gasteiger partial charge in [-0.1, -0.05) is 30.3 Å². The van der Waals surface area contributed by atoms with E-state index in [0.717, 1.165) is 14.3 Å². The van der Waals surface area contributed by atoms with Crippen molar-refractivity contribution in [3.05, 3.63) is 70.3 Å². The molecule has 3 aromatic rings. The number of nitrogens with one attached hydrogen (secondary N) is 1. The van der Waals surface area contributed by atoms with Gasteiger partial charge in [0.25, 0.3) is 0 Å². The van der Waals surface area contributed by atoms with E-state index in [-0.39, 0.29) is 0 Å². The van der Waals surface area contributed by atoms with Crippen molar-refractivity contribution in [2.45, 2.75) is 0 Å². The fourth-order valence-corrected chi connectivity index (χ4v) is 2.37. The van der Waals surface area contributed by atoms with Crippen LogP contribution in [0.2, 0.25) is 0 Å². The summed E-state index contributed by atoms with van der Waals surface area (Å²) in [5, 5.41) is 4.85. The molecule has 0 aromatic heterocycles. The third-order valence-electron chi connectivity index (χ3n) is 3.02. The minimum absolute atomic E-state index is 0.494. The molecule has 104 valence electrons. The number of anilines is 1. The van der Waals surface area contributed by atoms with Gasteiger partial charge in [-0.05, 0) is 69.8 Å². The van der Waals surface area contributed by atoms with E-state index in [0.29, 0.717) is 11.4 Å². The first-order valence-corrected chi connectivity index (χ1v) is 7.52. The van der Waals surface area contributed by atoms with Crippen molar-refractivity contribution in [1.82, 2.24) is 0 Å². The maximum Gasteiger partial charge on any atom is 0.417 e. The van der Waals surface area contributed by atoms with Crippen LogP contribution in [0.4, 0.5) is 10.5 Å². The molecular formula is C17H12INO2. The summed E-state index contributed by atoms with van der Waals surface area (Å²) in [6, 6.07) is 21.0. The van der Waals surface area contributed by atoms with Gasteiger partial charge in [-0.15, -0.1) is 0 Å². The van der Waals surface area contributed by atoms with Gasteiger partial charge in [-0.25, -0.2) is 4.79 Å². The normalized spacial score (nSPS) is 10.3. The average molecular weight is 389 g/mol. The highest BCUT2D eigenvalue weighted by molar-refractivity contribution is 14.1. The molecule has 0 heterocycles. The van der Waals surface area contributed by atoms with Gasteiger partial charge in [-0.3, -0.25) is 5.32 Å². The number of halogens is 1. The van der Waals surface area contributed by atoms with E-state index >= 15 is 0 Å². The summed E-state index contributed by atoms with van der Waals surface area (Å²) in [5.41, 5.74) is 0.709. The van der Waals surface area contributed by atoms with Gasteiger partial charge < -0.3 is 4.74 Å². The van der Waals surface area contributed by atoms with E-state index in [2.05, 4.69) is 27.9 Å². The molecule has 0 atom stereocenters. The van der Waals surface area contributed by atoms with Crippen LogP contribution in [0.3, 0.4) is 0 Å². The summed E-state index contributed by atoms with van der Waals surface area (Å²) in [6.07, 6.45) is -0.494. The van der Waals surface area contributed by atoms with E-state index in [1.165, 1.54) is 0 Å². The molecule has 0 unspecified atom stereocenters. The van der Waals surface area contributed by atoms with E-state index in [1.54, 1.807) is 6.07 Å². The summed E-state index contributed by atoms with van der Waals surface area (Å²) >= 11 is 2.21. The molecule has 0 bridgehead atoms. The molecule has 3 nitrogen and oxygen atoms in total. The van der Waals surface area contributed by atoms with Crippen LogP contribution in [0.5, 0.6) is 5.75 Å². The fraction of sp³-hybridized carbons (Fsp3) is 0. The molecular weight excluding hydrogens is 377 g/mol. The lowest BCUT2D eigenvalue weighted by Crippen LogP contribution is -2.16. The highest BCUT2D eigenvalue weighted by Crippen LogP contribution is 2.21. The Hall–Kier alpha value is -2.08. The summed E-state index contributed by atoms with van der Waals surface area (Å²) in [6.45, 7) is 0. The Kier molecular flexibility index (Phi) is 4.06. The third-order valence-corrected chi connectivity index (χ3v) is 3.74. The molecule has 0 aliphatic carbocycles. The Morgan fingerprint density at radius 3 is 2.38 bits per heavy atom. The topological polar surface area (TPSA) is 38.3 Å². The van der Waals surface area contributed by atoms with E-state index in [9.17, 15) is 4.79 Å². The summed E-state index contributed by atoms with van der Waals surface area (Å²) in [5.74, 6) is 0.525. The van der Waals surface area contributed by atoms with E-state index in [1.807, 2.05) is 60.7 Å². The van der Waals surface area contributed by atoms with Crippen LogP contribution in [-0.4, -0.2) is 6.09 Å². The van der Waals surface area contributed by atoms with Crippen molar-refractivity contribution in [2.75, 3.05) is 5.32 Å². The van der Waals surface area contributed by atoms with Crippen LogP contribution < -0.4 is 10.1 Å². The van der Waals surface area contributed by atoms with Gasteiger partial charge in [0.1, 0.15) is 5.75 Å². The van der Waals surface area contributed by atoms with Gasteiger partial charge in [0, 0.05) is 9.26 Å². The molecule has 1 N–H and O–H groups in total. The van der Waals surface area contributed by atoms with E-state index in [4.69, 9.17) is 4.74 Å². The maximum absolute atomic E-state index is 11.9. The van der Waals surface area contributed by atoms with Gasteiger partial charge in [-0.2, -0.15) is 0 Å². The molecule has 0 fully saturated rings. The summed E-state index contributed by atoms with van der Waals surface area (Å²) < 4.78 is 6.42. The molecule has 3 aromatic carbocycles. The lowest BCUT2D eigenvalue weighted by Gasteiger charge is -2.07. The second-order valence-electron chi connectivity index (χ2n) is 4.53. The summed E-state index contributed by atoms with van der Waals surface area (Å²) in [7, 11) is 0. The number of rotatable bonds is 2. The van der Waals surface area contributed by atoms with Crippen molar-refractivity contribution in [2.24, 2.45) is 0 Å².